The Balaban J connectivity index is 1.40. The van der Waals surface area contributed by atoms with Gasteiger partial charge in [0.15, 0.2) is 0 Å². The zero-order valence-electron chi connectivity index (χ0n) is 13.7. The van der Waals surface area contributed by atoms with Crippen LogP contribution in [0.1, 0.15) is 41.3 Å². The standard InChI is InChI=1S/C18H22N4O2/c23-18(17-21-20-16-7-3-4-9-22(16)17)19-12-13-8-10-24-15-6-2-1-5-14(15)11-13/h1-2,5-6,13H,3-4,7-12H2,(H,19,23)/t13-/m0/s1. The highest BCUT2D eigenvalue weighted by atomic mass is 16.5. The van der Waals surface area contributed by atoms with Crippen LogP contribution in [-0.2, 0) is 19.4 Å². The second kappa shape index (κ2) is 6.63. The summed E-state index contributed by atoms with van der Waals surface area (Å²) in [6.45, 7) is 2.17. The lowest BCUT2D eigenvalue weighted by atomic mass is 9.97. The Morgan fingerprint density at radius 1 is 1.29 bits per heavy atom. The second-order valence-corrected chi connectivity index (χ2v) is 6.57. The minimum absolute atomic E-state index is 0.117. The summed E-state index contributed by atoms with van der Waals surface area (Å²) >= 11 is 0. The molecule has 0 bridgehead atoms. The number of hydrogen-bond acceptors (Lipinski definition) is 4. The largest absolute Gasteiger partial charge is 0.493 e. The van der Waals surface area contributed by atoms with Crippen LogP contribution in [-0.4, -0.2) is 33.8 Å². The van der Waals surface area contributed by atoms with Gasteiger partial charge in [-0.15, -0.1) is 10.2 Å². The molecule has 0 spiro atoms. The first-order chi connectivity index (χ1) is 11.8. The maximum absolute atomic E-state index is 12.5. The maximum atomic E-state index is 12.5. The number of para-hydroxylation sites is 1. The minimum Gasteiger partial charge on any atom is -0.493 e. The van der Waals surface area contributed by atoms with Crippen molar-refractivity contribution in [3.05, 3.63) is 41.5 Å². The first kappa shape index (κ1) is 15.2. The van der Waals surface area contributed by atoms with Gasteiger partial charge in [0.2, 0.25) is 5.82 Å². The van der Waals surface area contributed by atoms with E-state index in [0.29, 0.717) is 24.9 Å². The minimum atomic E-state index is -0.117. The van der Waals surface area contributed by atoms with Crippen molar-refractivity contribution < 1.29 is 9.53 Å². The quantitative estimate of drug-likeness (QED) is 0.936. The first-order valence-electron chi connectivity index (χ1n) is 8.72. The normalized spacial score (nSPS) is 19.6. The zero-order chi connectivity index (χ0) is 16.4. The molecular weight excluding hydrogens is 304 g/mol. The molecule has 6 nitrogen and oxygen atoms in total. The van der Waals surface area contributed by atoms with Crippen molar-refractivity contribution in [2.45, 2.75) is 38.6 Å². The van der Waals surface area contributed by atoms with Crippen LogP contribution in [0.2, 0.25) is 0 Å². The molecule has 0 saturated heterocycles. The van der Waals surface area contributed by atoms with E-state index < -0.39 is 0 Å². The summed E-state index contributed by atoms with van der Waals surface area (Å²) in [5, 5.41) is 11.3. The number of amides is 1. The molecule has 2 aromatic rings. The van der Waals surface area contributed by atoms with Crippen molar-refractivity contribution in [3.63, 3.8) is 0 Å². The third kappa shape index (κ3) is 3.00. The predicted octanol–water partition coefficient (Wildman–Crippen LogP) is 1.99. The highest BCUT2D eigenvalue weighted by molar-refractivity contribution is 5.90. The molecule has 2 aliphatic heterocycles. The summed E-state index contributed by atoms with van der Waals surface area (Å²) in [5.74, 6) is 2.62. The molecule has 1 aromatic heterocycles. The Morgan fingerprint density at radius 3 is 3.17 bits per heavy atom. The molecule has 0 unspecified atom stereocenters. The fraction of sp³-hybridized carbons (Fsp3) is 0.500. The van der Waals surface area contributed by atoms with Gasteiger partial charge in [0.1, 0.15) is 11.6 Å². The average Bonchev–Trinajstić information content (AvgIpc) is 2.93. The van der Waals surface area contributed by atoms with Gasteiger partial charge >= 0.3 is 0 Å². The molecule has 3 heterocycles. The number of carbonyl (C=O) groups excluding carboxylic acids is 1. The lowest BCUT2D eigenvalue weighted by molar-refractivity contribution is 0.0929. The van der Waals surface area contributed by atoms with Crippen molar-refractivity contribution in [1.82, 2.24) is 20.1 Å². The predicted molar refractivity (Wildman–Crippen MR) is 89.0 cm³/mol. The van der Waals surface area contributed by atoms with Crippen LogP contribution in [0.5, 0.6) is 5.75 Å². The molecule has 1 aromatic carbocycles. The molecule has 1 atom stereocenters. The fourth-order valence-corrected chi connectivity index (χ4v) is 3.53. The number of benzene rings is 1. The molecule has 24 heavy (non-hydrogen) atoms. The van der Waals surface area contributed by atoms with Crippen LogP contribution in [0, 0.1) is 5.92 Å². The van der Waals surface area contributed by atoms with E-state index in [2.05, 4.69) is 21.6 Å². The lowest BCUT2D eigenvalue weighted by Crippen LogP contribution is -2.33. The van der Waals surface area contributed by atoms with Gasteiger partial charge in [-0.3, -0.25) is 4.79 Å². The summed E-state index contributed by atoms with van der Waals surface area (Å²) in [7, 11) is 0. The summed E-state index contributed by atoms with van der Waals surface area (Å²) in [5.41, 5.74) is 1.22. The molecule has 0 saturated carbocycles. The topological polar surface area (TPSA) is 69.0 Å². The molecule has 6 heteroatoms. The van der Waals surface area contributed by atoms with E-state index in [1.54, 1.807) is 0 Å². The number of ether oxygens (including phenoxy) is 1. The van der Waals surface area contributed by atoms with Crippen LogP contribution < -0.4 is 10.1 Å². The van der Waals surface area contributed by atoms with E-state index >= 15 is 0 Å². The third-order valence-electron chi connectivity index (χ3n) is 4.88. The van der Waals surface area contributed by atoms with Gasteiger partial charge in [-0.2, -0.15) is 0 Å². The number of hydrogen-bond donors (Lipinski definition) is 1. The zero-order valence-corrected chi connectivity index (χ0v) is 13.7. The highest BCUT2D eigenvalue weighted by Crippen LogP contribution is 2.26. The molecule has 1 amide bonds. The summed E-state index contributed by atoms with van der Waals surface area (Å²) in [6.07, 6.45) is 4.99. The van der Waals surface area contributed by atoms with Gasteiger partial charge in [0, 0.05) is 19.5 Å². The van der Waals surface area contributed by atoms with Crippen LogP contribution in [0.3, 0.4) is 0 Å². The Hall–Kier alpha value is -2.37. The molecule has 0 aliphatic carbocycles. The smallest absolute Gasteiger partial charge is 0.289 e. The lowest BCUT2D eigenvalue weighted by Gasteiger charge is -2.16. The molecular formula is C18H22N4O2. The van der Waals surface area contributed by atoms with E-state index in [9.17, 15) is 4.79 Å². The summed E-state index contributed by atoms with van der Waals surface area (Å²) in [4.78, 5) is 12.5. The maximum Gasteiger partial charge on any atom is 0.289 e. The number of nitrogens with zero attached hydrogens (tertiary/aromatic N) is 3. The number of rotatable bonds is 3. The molecule has 0 radical (unpaired) electrons. The molecule has 2 aliphatic rings. The highest BCUT2D eigenvalue weighted by Gasteiger charge is 2.23. The number of carbonyl (C=O) groups is 1. The van der Waals surface area contributed by atoms with Gasteiger partial charge in [0.25, 0.3) is 5.91 Å². The van der Waals surface area contributed by atoms with Crippen LogP contribution in [0.4, 0.5) is 0 Å². The molecule has 4 rings (SSSR count). The van der Waals surface area contributed by atoms with Gasteiger partial charge in [-0.1, -0.05) is 18.2 Å². The number of fused-ring (bicyclic) bond motifs is 2. The Morgan fingerprint density at radius 2 is 2.21 bits per heavy atom. The molecule has 126 valence electrons. The Labute approximate surface area is 141 Å². The van der Waals surface area contributed by atoms with Gasteiger partial charge in [-0.05, 0) is 43.2 Å². The monoisotopic (exact) mass is 326 g/mol. The SMILES string of the molecule is O=C(NC[C@H]1CCOc2ccccc2C1)c1nnc2n1CCCC2. The van der Waals surface area contributed by atoms with Crippen molar-refractivity contribution in [1.29, 1.82) is 0 Å². The van der Waals surface area contributed by atoms with Crippen molar-refractivity contribution in [3.8, 4) is 5.75 Å². The number of aromatic nitrogens is 3. The first-order valence-corrected chi connectivity index (χ1v) is 8.72. The average molecular weight is 326 g/mol. The summed E-state index contributed by atoms with van der Waals surface area (Å²) < 4.78 is 7.76. The van der Waals surface area contributed by atoms with Crippen molar-refractivity contribution in [2.75, 3.05) is 13.2 Å². The fourth-order valence-electron chi connectivity index (χ4n) is 3.53. The Bertz CT molecular complexity index is 740. The van der Waals surface area contributed by atoms with Crippen molar-refractivity contribution >= 4 is 5.91 Å². The molecule has 0 fully saturated rings. The number of nitrogens with one attached hydrogen (secondary N) is 1. The van der Waals surface area contributed by atoms with Crippen LogP contribution in [0.15, 0.2) is 24.3 Å². The van der Waals surface area contributed by atoms with E-state index in [1.807, 2.05) is 22.8 Å². The summed E-state index contributed by atoms with van der Waals surface area (Å²) in [6, 6.07) is 8.14. The van der Waals surface area contributed by atoms with E-state index in [4.69, 9.17) is 4.74 Å². The van der Waals surface area contributed by atoms with E-state index in [0.717, 1.165) is 50.2 Å². The number of aryl methyl sites for hydroxylation is 1. The molecule has 1 N–H and O–H groups in total. The van der Waals surface area contributed by atoms with Gasteiger partial charge in [0.05, 0.1) is 6.61 Å². The van der Waals surface area contributed by atoms with E-state index in [1.165, 1.54) is 5.56 Å². The van der Waals surface area contributed by atoms with Gasteiger partial charge < -0.3 is 14.6 Å². The van der Waals surface area contributed by atoms with E-state index in [-0.39, 0.29) is 5.91 Å². The Kier molecular flexibility index (Phi) is 4.19. The van der Waals surface area contributed by atoms with Crippen LogP contribution in [0.25, 0.3) is 0 Å². The third-order valence-corrected chi connectivity index (χ3v) is 4.88. The van der Waals surface area contributed by atoms with Gasteiger partial charge in [-0.25, -0.2) is 0 Å². The van der Waals surface area contributed by atoms with Crippen LogP contribution >= 0.6 is 0 Å². The van der Waals surface area contributed by atoms with Crippen molar-refractivity contribution in [2.24, 2.45) is 5.92 Å². The second-order valence-electron chi connectivity index (χ2n) is 6.57.